The van der Waals surface area contributed by atoms with E-state index in [9.17, 15) is 4.79 Å². The number of likely N-dealkylation sites (tertiary alicyclic amines) is 1. The van der Waals surface area contributed by atoms with Crippen molar-refractivity contribution in [1.82, 2.24) is 4.90 Å². The number of nitrogens with two attached hydrogens (primary N) is 1. The van der Waals surface area contributed by atoms with Gasteiger partial charge >= 0.3 is 0 Å². The lowest BCUT2D eigenvalue weighted by Crippen LogP contribution is -2.31. The van der Waals surface area contributed by atoms with E-state index in [0.717, 1.165) is 6.42 Å². The molecule has 1 aromatic rings. The molecule has 0 saturated carbocycles. The fraction of sp³-hybridized carbons (Fsp3) is 0.364. The van der Waals surface area contributed by atoms with Crippen molar-refractivity contribution in [3.8, 4) is 0 Å². The molecule has 1 fully saturated rings. The van der Waals surface area contributed by atoms with Crippen LogP contribution in [-0.4, -0.2) is 29.9 Å². The van der Waals surface area contributed by atoms with Crippen LogP contribution >= 0.6 is 35.6 Å². The molecule has 1 aliphatic rings. The SMILES string of the molecule is Cl.N[C@@H]1CCN(C(=O)c2cc(Cl)cc(Cl)c2)C1. The van der Waals surface area contributed by atoms with Crippen LogP contribution in [0.4, 0.5) is 0 Å². The average Bonchev–Trinajstić information content (AvgIpc) is 2.62. The maximum atomic E-state index is 12.1. The van der Waals surface area contributed by atoms with Gasteiger partial charge in [-0.05, 0) is 24.6 Å². The monoisotopic (exact) mass is 294 g/mol. The van der Waals surface area contributed by atoms with Gasteiger partial charge in [0, 0.05) is 34.7 Å². The van der Waals surface area contributed by atoms with Crippen molar-refractivity contribution in [2.75, 3.05) is 13.1 Å². The van der Waals surface area contributed by atoms with Crippen LogP contribution in [0.2, 0.25) is 10.0 Å². The van der Waals surface area contributed by atoms with Gasteiger partial charge in [-0.15, -0.1) is 12.4 Å². The maximum absolute atomic E-state index is 12.1. The molecule has 1 atom stereocenters. The summed E-state index contributed by atoms with van der Waals surface area (Å²) in [6.45, 7) is 1.30. The first-order valence-corrected chi connectivity index (χ1v) is 5.83. The molecular formula is C11H13Cl3N2O. The minimum atomic E-state index is -0.0580. The van der Waals surface area contributed by atoms with E-state index >= 15 is 0 Å². The number of carbonyl (C=O) groups excluding carboxylic acids is 1. The lowest BCUT2D eigenvalue weighted by molar-refractivity contribution is 0.0791. The molecular weight excluding hydrogens is 282 g/mol. The highest BCUT2D eigenvalue weighted by Crippen LogP contribution is 2.21. The van der Waals surface area contributed by atoms with E-state index in [1.165, 1.54) is 0 Å². The predicted molar refractivity (Wildman–Crippen MR) is 72.2 cm³/mol. The highest BCUT2D eigenvalue weighted by Gasteiger charge is 2.24. The van der Waals surface area contributed by atoms with Crippen LogP contribution in [0.15, 0.2) is 18.2 Å². The van der Waals surface area contributed by atoms with Crippen molar-refractivity contribution in [2.24, 2.45) is 5.73 Å². The Kier molecular flexibility index (Phi) is 5.07. The van der Waals surface area contributed by atoms with Gasteiger partial charge in [0.15, 0.2) is 0 Å². The molecule has 6 heteroatoms. The van der Waals surface area contributed by atoms with Crippen LogP contribution in [-0.2, 0) is 0 Å². The van der Waals surface area contributed by atoms with Crippen LogP contribution in [0.3, 0.4) is 0 Å². The van der Waals surface area contributed by atoms with Crippen LogP contribution in [0.25, 0.3) is 0 Å². The smallest absolute Gasteiger partial charge is 0.254 e. The number of carbonyl (C=O) groups is 1. The van der Waals surface area contributed by atoms with Crippen molar-refractivity contribution in [1.29, 1.82) is 0 Å². The van der Waals surface area contributed by atoms with Crippen molar-refractivity contribution in [3.63, 3.8) is 0 Å². The summed E-state index contributed by atoms with van der Waals surface area (Å²) in [5, 5.41) is 0.943. The second-order valence-corrected chi connectivity index (χ2v) is 4.83. The van der Waals surface area contributed by atoms with Crippen molar-refractivity contribution in [2.45, 2.75) is 12.5 Å². The Morgan fingerprint density at radius 2 is 1.88 bits per heavy atom. The second kappa shape index (κ2) is 5.91. The second-order valence-electron chi connectivity index (χ2n) is 3.96. The Morgan fingerprint density at radius 3 is 2.35 bits per heavy atom. The number of hydrogen-bond acceptors (Lipinski definition) is 2. The molecule has 94 valence electrons. The minimum Gasteiger partial charge on any atom is -0.337 e. The Labute approximate surface area is 116 Å². The molecule has 0 spiro atoms. The van der Waals surface area contributed by atoms with Gasteiger partial charge in [0.05, 0.1) is 0 Å². The average molecular weight is 296 g/mol. The lowest BCUT2D eigenvalue weighted by atomic mass is 10.2. The molecule has 1 saturated heterocycles. The molecule has 2 rings (SSSR count). The molecule has 1 heterocycles. The summed E-state index contributed by atoms with van der Waals surface area (Å²) in [5.74, 6) is -0.0580. The quantitative estimate of drug-likeness (QED) is 0.865. The normalized spacial score (nSPS) is 19.0. The topological polar surface area (TPSA) is 46.3 Å². The third-order valence-corrected chi connectivity index (χ3v) is 3.06. The molecule has 0 aliphatic carbocycles. The lowest BCUT2D eigenvalue weighted by Gasteiger charge is -2.16. The van der Waals surface area contributed by atoms with Gasteiger partial charge in [0.2, 0.25) is 0 Å². The predicted octanol–water partition coefficient (Wildman–Crippen LogP) is 2.59. The van der Waals surface area contributed by atoms with Crippen molar-refractivity contribution in [3.05, 3.63) is 33.8 Å². The van der Waals surface area contributed by atoms with Crippen LogP contribution in [0.5, 0.6) is 0 Å². The number of benzene rings is 1. The van der Waals surface area contributed by atoms with Crippen molar-refractivity contribution >= 4 is 41.5 Å². The van der Waals surface area contributed by atoms with Gasteiger partial charge in [-0.2, -0.15) is 0 Å². The summed E-state index contributed by atoms with van der Waals surface area (Å²) in [4.78, 5) is 13.8. The maximum Gasteiger partial charge on any atom is 0.254 e. The Hall–Kier alpha value is -0.480. The highest BCUT2D eigenvalue weighted by molar-refractivity contribution is 6.35. The molecule has 3 nitrogen and oxygen atoms in total. The fourth-order valence-corrected chi connectivity index (χ4v) is 2.36. The summed E-state index contributed by atoms with van der Waals surface area (Å²) in [5.41, 5.74) is 6.27. The van der Waals surface area contributed by atoms with Gasteiger partial charge in [-0.25, -0.2) is 0 Å². The first-order chi connectivity index (χ1) is 7.56. The number of amides is 1. The molecule has 0 bridgehead atoms. The molecule has 2 N–H and O–H groups in total. The zero-order valence-corrected chi connectivity index (χ0v) is 11.4. The van der Waals surface area contributed by atoms with Crippen LogP contribution in [0.1, 0.15) is 16.8 Å². The van der Waals surface area contributed by atoms with E-state index in [-0.39, 0.29) is 24.4 Å². The molecule has 1 aliphatic heterocycles. The largest absolute Gasteiger partial charge is 0.337 e. The van der Waals surface area contributed by atoms with Gasteiger partial charge in [0.1, 0.15) is 0 Å². The Morgan fingerprint density at radius 1 is 1.29 bits per heavy atom. The van der Waals surface area contributed by atoms with E-state index < -0.39 is 0 Å². The summed E-state index contributed by atoms with van der Waals surface area (Å²) in [6.07, 6.45) is 0.847. The summed E-state index contributed by atoms with van der Waals surface area (Å²) in [6, 6.07) is 4.94. The zero-order valence-electron chi connectivity index (χ0n) is 9.03. The molecule has 0 aromatic heterocycles. The van der Waals surface area contributed by atoms with E-state index in [1.807, 2.05) is 0 Å². The standard InChI is InChI=1S/C11H12Cl2N2O.ClH/c12-8-3-7(4-9(13)5-8)11(16)15-2-1-10(14)6-15;/h3-5,10H,1-2,6,14H2;1H/t10-;/m1./s1. The van der Waals surface area contributed by atoms with Crippen LogP contribution < -0.4 is 5.73 Å². The van der Waals surface area contributed by atoms with E-state index in [0.29, 0.717) is 28.7 Å². The van der Waals surface area contributed by atoms with E-state index in [4.69, 9.17) is 28.9 Å². The summed E-state index contributed by atoms with van der Waals surface area (Å²) >= 11 is 11.7. The fourth-order valence-electron chi connectivity index (χ4n) is 1.83. The molecule has 1 aromatic carbocycles. The highest BCUT2D eigenvalue weighted by atomic mass is 35.5. The molecule has 1 amide bonds. The number of rotatable bonds is 1. The third-order valence-electron chi connectivity index (χ3n) is 2.62. The first-order valence-electron chi connectivity index (χ1n) is 5.07. The molecule has 0 radical (unpaired) electrons. The first kappa shape index (κ1) is 14.6. The van der Waals surface area contributed by atoms with E-state index in [2.05, 4.69) is 0 Å². The number of halogens is 3. The Balaban J connectivity index is 0.00000144. The molecule has 17 heavy (non-hydrogen) atoms. The Bertz CT molecular complexity index is 405. The zero-order chi connectivity index (χ0) is 11.7. The van der Waals surface area contributed by atoms with Crippen molar-refractivity contribution < 1.29 is 4.79 Å². The number of hydrogen-bond donors (Lipinski definition) is 1. The van der Waals surface area contributed by atoms with Gasteiger partial charge < -0.3 is 10.6 Å². The molecule has 0 unspecified atom stereocenters. The van der Waals surface area contributed by atoms with Crippen LogP contribution in [0, 0.1) is 0 Å². The van der Waals surface area contributed by atoms with E-state index in [1.54, 1.807) is 23.1 Å². The summed E-state index contributed by atoms with van der Waals surface area (Å²) < 4.78 is 0. The summed E-state index contributed by atoms with van der Waals surface area (Å²) in [7, 11) is 0. The van der Waals surface area contributed by atoms with Gasteiger partial charge in [0.25, 0.3) is 5.91 Å². The third kappa shape index (κ3) is 3.49. The van der Waals surface area contributed by atoms with Gasteiger partial charge in [-0.3, -0.25) is 4.79 Å². The minimum absolute atomic E-state index is 0. The number of nitrogens with zero attached hydrogens (tertiary/aromatic N) is 1. The van der Waals surface area contributed by atoms with Gasteiger partial charge in [-0.1, -0.05) is 23.2 Å².